The average Bonchev–Trinajstić information content (AvgIpc) is 2.74. The van der Waals surface area contributed by atoms with Gasteiger partial charge >= 0.3 is 0 Å². The standard InChI is InChI=1S/C28H50/c1-25(2,23-15-7-5-8-16-23)27-19-11-13-21-28(27,22-14-12-20-27)26(3,4)24-17-9-6-10-18-24/h23-24H,5-22H2,1-4H3. The summed E-state index contributed by atoms with van der Waals surface area (Å²) in [5.41, 5.74) is 2.28. The molecule has 4 aliphatic carbocycles. The molecule has 0 amide bonds. The topological polar surface area (TPSA) is 0 Å². The molecule has 4 fully saturated rings. The second-order valence-corrected chi connectivity index (χ2v) is 12.7. The van der Waals surface area contributed by atoms with E-state index in [0.29, 0.717) is 21.7 Å². The maximum Gasteiger partial charge on any atom is -0.0182 e. The van der Waals surface area contributed by atoms with Gasteiger partial charge in [-0.05, 0) is 84.9 Å². The lowest BCUT2D eigenvalue weighted by molar-refractivity contribution is -0.227. The van der Waals surface area contributed by atoms with Crippen LogP contribution < -0.4 is 0 Å². The minimum Gasteiger partial charge on any atom is -0.0591 e. The molecule has 0 saturated heterocycles. The Bertz CT molecular complexity index is 452. The zero-order valence-corrected chi connectivity index (χ0v) is 19.9. The van der Waals surface area contributed by atoms with Crippen molar-refractivity contribution in [2.75, 3.05) is 0 Å². The Balaban J connectivity index is 1.77. The second-order valence-electron chi connectivity index (χ2n) is 12.7. The maximum atomic E-state index is 2.77. The highest BCUT2D eigenvalue weighted by molar-refractivity contribution is 5.16. The Morgan fingerprint density at radius 2 is 0.714 bits per heavy atom. The number of rotatable bonds is 4. The summed E-state index contributed by atoms with van der Waals surface area (Å²) < 4.78 is 0. The molecule has 0 aromatic heterocycles. The monoisotopic (exact) mass is 386 g/mol. The van der Waals surface area contributed by atoms with Crippen molar-refractivity contribution in [1.29, 1.82) is 0 Å². The Hall–Kier alpha value is 0. The van der Waals surface area contributed by atoms with E-state index in [2.05, 4.69) is 27.7 Å². The summed E-state index contributed by atoms with van der Waals surface area (Å²) in [6, 6.07) is 0. The van der Waals surface area contributed by atoms with Crippen LogP contribution in [0.3, 0.4) is 0 Å². The maximum absolute atomic E-state index is 2.77. The van der Waals surface area contributed by atoms with Crippen LogP contribution in [-0.4, -0.2) is 0 Å². The largest absolute Gasteiger partial charge is 0.0591 e. The molecule has 28 heavy (non-hydrogen) atoms. The molecule has 0 unspecified atom stereocenters. The molecule has 0 spiro atoms. The molecular formula is C28H50. The summed E-state index contributed by atoms with van der Waals surface area (Å²) in [7, 11) is 0. The fraction of sp³-hybridized carbons (Fsp3) is 1.00. The van der Waals surface area contributed by atoms with Crippen molar-refractivity contribution in [1.82, 2.24) is 0 Å². The third kappa shape index (κ3) is 3.05. The highest BCUT2D eigenvalue weighted by Gasteiger charge is 2.67. The minimum absolute atomic E-state index is 0.528. The van der Waals surface area contributed by atoms with E-state index in [4.69, 9.17) is 0 Å². The zero-order chi connectivity index (χ0) is 19.9. The normalized spacial score (nSPS) is 36.9. The third-order valence-electron chi connectivity index (χ3n) is 11.5. The first-order chi connectivity index (χ1) is 13.4. The van der Waals surface area contributed by atoms with Crippen LogP contribution in [0.25, 0.3) is 0 Å². The van der Waals surface area contributed by atoms with Crippen LogP contribution in [0.4, 0.5) is 0 Å². The lowest BCUT2D eigenvalue weighted by atomic mass is 9.33. The van der Waals surface area contributed by atoms with Crippen molar-refractivity contribution in [2.45, 2.75) is 143 Å². The van der Waals surface area contributed by atoms with E-state index in [1.54, 1.807) is 25.7 Å². The van der Waals surface area contributed by atoms with E-state index >= 15 is 0 Å². The molecule has 0 aliphatic heterocycles. The lowest BCUT2D eigenvalue weighted by Gasteiger charge is -2.72. The highest BCUT2D eigenvalue weighted by atomic mass is 14.7. The van der Waals surface area contributed by atoms with Crippen molar-refractivity contribution >= 4 is 0 Å². The zero-order valence-electron chi connectivity index (χ0n) is 19.9. The Morgan fingerprint density at radius 1 is 0.429 bits per heavy atom. The summed E-state index contributed by atoms with van der Waals surface area (Å²) in [5.74, 6) is 1.97. The van der Waals surface area contributed by atoms with Crippen molar-refractivity contribution in [3.63, 3.8) is 0 Å². The van der Waals surface area contributed by atoms with Crippen LogP contribution in [0.2, 0.25) is 0 Å². The summed E-state index contributed by atoms with van der Waals surface area (Å²) in [6.45, 7) is 11.1. The molecule has 0 heterocycles. The van der Waals surface area contributed by atoms with E-state index in [0.717, 1.165) is 11.8 Å². The first-order valence-corrected chi connectivity index (χ1v) is 13.4. The summed E-state index contributed by atoms with van der Waals surface area (Å²) in [4.78, 5) is 0. The number of hydrogen-bond donors (Lipinski definition) is 0. The molecule has 0 aromatic carbocycles. The molecule has 0 heteroatoms. The molecule has 0 nitrogen and oxygen atoms in total. The average molecular weight is 387 g/mol. The fourth-order valence-electron chi connectivity index (χ4n) is 9.87. The van der Waals surface area contributed by atoms with Crippen molar-refractivity contribution in [2.24, 2.45) is 33.5 Å². The molecule has 0 bridgehead atoms. The van der Waals surface area contributed by atoms with Crippen molar-refractivity contribution in [3.05, 3.63) is 0 Å². The molecule has 4 saturated carbocycles. The van der Waals surface area contributed by atoms with Crippen LogP contribution in [0, 0.1) is 33.5 Å². The van der Waals surface area contributed by atoms with E-state index in [9.17, 15) is 0 Å². The number of fused-ring (bicyclic) bond motifs is 1. The molecule has 162 valence electrons. The van der Waals surface area contributed by atoms with Gasteiger partial charge < -0.3 is 0 Å². The van der Waals surface area contributed by atoms with Gasteiger partial charge in [0.15, 0.2) is 0 Å². The first kappa shape index (κ1) is 21.2. The molecule has 0 atom stereocenters. The van der Waals surface area contributed by atoms with E-state index in [-0.39, 0.29) is 0 Å². The van der Waals surface area contributed by atoms with Gasteiger partial charge in [0.1, 0.15) is 0 Å². The van der Waals surface area contributed by atoms with Gasteiger partial charge in [-0.2, -0.15) is 0 Å². The second kappa shape index (κ2) is 7.92. The predicted molar refractivity (Wildman–Crippen MR) is 123 cm³/mol. The summed E-state index contributed by atoms with van der Waals surface area (Å²) in [5, 5.41) is 0. The van der Waals surface area contributed by atoms with Crippen molar-refractivity contribution < 1.29 is 0 Å². The van der Waals surface area contributed by atoms with E-state index in [1.165, 1.54) is 89.9 Å². The Kier molecular flexibility index (Phi) is 6.01. The minimum atomic E-state index is 0.528. The quantitative estimate of drug-likeness (QED) is 0.451. The van der Waals surface area contributed by atoms with Crippen molar-refractivity contribution in [3.8, 4) is 0 Å². The van der Waals surface area contributed by atoms with E-state index in [1.807, 2.05) is 0 Å². The van der Waals surface area contributed by atoms with Gasteiger partial charge in [0, 0.05) is 0 Å². The van der Waals surface area contributed by atoms with Crippen LogP contribution in [0.1, 0.15) is 143 Å². The number of hydrogen-bond acceptors (Lipinski definition) is 0. The Morgan fingerprint density at radius 3 is 1.00 bits per heavy atom. The first-order valence-electron chi connectivity index (χ1n) is 13.4. The molecule has 0 radical (unpaired) electrons. The SMILES string of the molecule is CC(C)(C1CCCCC1)C12CCCCC1(C(C)(C)C1CCCCC1)CCCC2. The third-order valence-corrected chi connectivity index (χ3v) is 11.5. The van der Waals surface area contributed by atoms with Crippen LogP contribution in [0.15, 0.2) is 0 Å². The fourth-order valence-corrected chi connectivity index (χ4v) is 9.87. The predicted octanol–water partition coefficient (Wildman–Crippen LogP) is 9.32. The molecule has 0 aromatic rings. The summed E-state index contributed by atoms with van der Waals surface area (Å²) >= 11 is 0. The van der Waals surface area contributed by atoms with Gasteiger partial charge in [-0.25, -0.2) is 0 Å². The lowest BCUT2D eigenvalue weighted by Crippen LogP contribution is -2.64. The van der Waals surface area contributed by atoms with Crippen LogP contribution >= 0.6 is 0 Å². The Labute approximate surface area is 177 Å². The highest BCUT2D eigenvalue weighted by Crippen LogP contribution is 2.75. The molecular weight excluding hydrogens is 336 g/mol. The smallest absolute Gasteiger partial charge is 0.0182 e. The molecule has 0 N–H and O–H groups in total. The van der Waals surface area contributed by atoms with Gasteiger partial charge in [-0.15, -0.1) is 0 Å². The van der Waals surface area contributed by atoms with Crippen LogP contribution in [-0.2, 0) is 0 Å². The van der Waals surface area contributed by atoms with E-state index < -0.39 is 0 Å². The van der Waals surface area contributed by atoms with Gasteiger partial charge in [-0.1, -0.05) is 91.9 Å². The van der Waals surface area contributed by atoms with Gasteiger partial charge in [0.25, 0.3) is 0 Å². The van der Waals surface area contributed by atoms with Crippen LogP contribution in [0.5, 0.6) is 0 Å². The molecule has 4 aliphatic rings. The summed E-state index contributed by atoms with van der Waals surface area (Å²) in [6.07, 6.45) is 27.3. The van der Waals surface area contributed by atoms with Gasteiger partial charge in [0.2, 0.25) is 0 Å². The van der Waals surface area contributed by atoms with Gasteiger partial charge in [0.05, 0.1) is 0 Å². The molecule has 4 rings (SSSR count). The van der Waals surface area contributed by atoms with Gasteiger partial charge in [-0.3, -0.25) is 0 Å².